The number of halogens is 1. The molecule has 5 nitrogen and oxygen atoms in total. The van der Waals surface area contributed by atoms with Crippen molar-refractivity contribution in [2.75, 3.05) is 13.1 Å². The largest absolute Gasteiger partial charge is 0.350 e. The normalized spacial score (nSPS) is 11.4. The predicted octanol–water partition coefficient (Wildman–Crippen LogP) is 4.42. The minimum absolute atomic E-state index is 0.0326. The Morgan fingerprint density at radius 1 is 1.07 bits per heavy atom. The van der Waals surface area contributed by atoms with Gasteiger partial charge in [-0.1, -0.05) is 18.2 Å². The number of para-hydroxylation sites is 1. The molecule has 6 heteroatoms. The fourth-order valence-corrected chi connectivity index (χ4v) is 3.25. The third-order valence-corrected chi connectivity index (χ3v) is 4.60. The molecule has 0 unspecified atom stereocenters. The summed E-state index contributed by atoms with van der Waals surface area (Å²) in [5.41, 5.74) is 2.04. The van der Waals surface area contributed by atoms with Crippen LogP contribution in [0.5, 0.6) is 0 Å². The van der Waals surface area contributed by atoms with Crippen molar-refractivity contribution in [3.8, 4) is 11.3 Å². The zero-order valence-corrected chi connectivity index (χ0v) is 17.7. The number of amides is 2. The third kappa shape index (κ3) is 5.00. The van der Waals surface area contributed by atoms with E-state index in [0.717, 1.165) is 0 Å². The summed E-state index contributed by atoms with van der Waals surface area (Å²) >= 11 is 0. The lowest BCUT2D eigenvalue weighted by Gasteiger charge is -2.25. The smallest absolute Gasteiger partial charge is 0.255 e. The van der Waals surface area contributed by atoms with E-state index >= 15 is 0 Å². The van der Waals surface area contributed by atoms with E-state index in [2.05, 4.69) is 10.3 Å². The summed E-state index contributed by atoms with van der Waals surface area (Å²) < 4.78 is 13.3. The van der Waals surface area contributed by atoms with Crippen molar-refractivity contribution < 1.29 is 14.0 Å². The first-order valence-electron chi connectivity index (χ1n) is 9.94. The van der Waals surface area contributed by atoms with Gasteiger partial charge in [-0.05, 0) is 64.1 Å². The van der Waals surface area contributed by atoms with E-state index in [0.29, 0.717) is 34.3 Å². The Morgan fingerprint density at radius 3 is 2.37 bits per heavy atom. The number of hydrogen-bond donors (Lipinski definition) is 1. The maximum Gasteiger partial charge on any atom is 0.255 e. The quantitative estimate of drug-likeness (QED) is 0.681. The Morgan fingerprint density at radius 2 is 1.73 bits per heavy atom. The summed E-state index contributed by atoms with van der Waals surface area (Å²) in [7, 11) is 0. The summed E-state index contributed by atoms with van der Waals surface area (Å²) in [4.78, 5) is 31.9. The van der Waals surface area contributed by atoms with E-state index in [1.54, 1.807) is 18.2 Å². The molecule has 2 amide bonds. The van der Waals surface area contributed by atoms with Crippen LogP contribution < -0.4 is 5.32 Å². The fourth-order valence-electron chi connectivity index (χ4n) is 3.25. The van der Waals surface area contributed by atoms with Crippen LogP contribution in [0.1, 0.15) is 38.1 Å². The van der Waals surface area contributed by atoms with Crippen LogP contribution in [0.2, 0.25) is 0 Å². The van der Waals surface area contributed by atoms with Gasteiger partial charge < -0.3 is 10.2 Å². The lowest BCUT2D eigenvalue weighted by atomic mass is 10.0. The summed E-state index contributed by atoms with van der Waals surface area (Å²) in [5.74, 6) is -0.795. The molecular weight excluding hydrogens is 381 g/mol. The van der Waals surface area contributed by atoms with Crippen LogP contribution in [0.15, 0.2) is 54.6 Å². The van der Waals surface area contributed by atoms with Crippen LogP contribution in [0.4, 0.5) is 4.39 Å². The molecule has 1 aromatic heterocycles. The summed E-state index contributed by atoms with van der Waals surface area (Å²) in [6.07, 6.45) is 0. The monoisotopic (exact) mass is 407 g/mol. The van der Waals surface area contributed by atoms with Gasteiger partial charge in [0.1, 0.15) is 5.82 Å². The predicted molar refractivity (Wildman–Crippen MR) is 117 cm³/mol. The second-order valence-electron chi connectivity index (χ2n) is 8.20. The van der Waals surface area contributed by atoms with E-state index in [9.17, 15) is 14.0 Å². The van der Waals surface area contributed by atoms with Crippen molar-refractivity contribution >= 4 is 22.7 Å². The topological polar surface area (TPSA) is 62.3 Å². The molecule has 0 spiro atoms. The van der Waals surface area contributed by atoms with E-state index in [1.165, 1.54) is 17.0 Å². The van der Waals surface area contributed by atoms with E-state index in [4.69, 9.17) is 0 Å². The van der Waals surface area contributed by atoms with Crippen molar-refractivity contribution in [2.24, 2.45) is 0 Å². The molecule has 0 aliphatic heterocycles. The molecule has 0 saturated carbocycles. The average Bonchev–Trinajstić information content (AvgIpc) is 2.70. The highest BCUT2D eigenvalue weighted by Crippen LogP contribution is 2.26. The fraction of sp³-hybridized carbons (Fsp3) is 0.292. The number of fused-ring (bicyclic) bond motifs is 1. The molecule has 0 saturated heterocycles. The molecular formula is C24H26FN3O2. The molecule has 0 aliphatic carbocycles. The Balaban J connectivity index is 2.01. The number of benzene rings is 2. The molecule has 2 aromatic carbocycles. The Bertz CT molecular complexity index is 1070. The lowest BCUT2D eigenvalue weighted by molar-refractivity contribution is -0.123. The van der Waals surface area contributed by atoms with Gasteiger partial charge in [-0.25, -0.2) is 9.37 Å². The number of likely N-dealkylation sites (N-methyl/N-ethyl adjacent to an activating group) is 1. The molecule has 0 fully saturated rings. The van der Waals surface area contributed by atoms with E-state index in [-0.39, 0.29) is 29.7 Å². The zero-order valence-electron chi connectivity index (χ0n) is 17.7. The van der Waals surface area contributed by atoms with Gasteiger partial charge >= 0.3 is 0 Å². The first-order valence-corrected chi connectivity index (χ1v) is 9.94. The van der Waals surface area contributed by atoms with Crippen LogP contribution in [0.3, 0.4) is 0 Å². The Hall–Kier alpha value is -3.28. The van der Waals surface area contributed by atoms with Crippen molar-refractivity contribution in [2.45, 2.75) is 33.2 Å². The van der Waals surface area contributed by atoms with Gasteiger partial charge in [0.2, 0.25) is 5.91 Å². The maximum absolute atomic E-state index is 13.4. The molecule has 0 radical (unpaired) electrons. The van der Waals surface area contributed by atoms with Gasteiger partial charge in [0.05, 0.1) is 23.3 Å². The highest BCUT2D eigenvalue weighted by Gasteiger charge is 2.23. The number of pyridine rings is 1. The Kier molecular flexibility index (Phi) is 6.15. The summed E-state index contributed by atoms with van der Waals surface area (Å²) in [6, 6.07) is 15.1. The first-order chi connectivity index (χ1) is 14.2. The molecule has 0 aliphatic rings. The molecule has 30 heavy (non-hydrogen) atoms. The lowest BCUT2D eigenvalue weighted by Crippen LogP contribution is -2.47. The van der Waals surface area contributed by atoms with Crippen molar-refractivity contribution in [1.29, 1.82) is 0 Å². The molecule has 1 N–H and O–H groups in total. The van der Waals surface area contributed by atoms with E-state index < -0.39 is 0 Å². The summed E-state index contributed by atoms with van der Waals surface area (Å²) in [5, 5.41) is 3.60. The number of carbonyl (C=O) groups excluding carboxylic acids is 2. The number of carbonyl (C=O) groups is 2. The number of hydrogen-bond acceptors (Lipinski definition) is 3. The first kappa shape index (κ1) is 21.4. The molecule has 156 valence electrons. The van der Waals surface area contributed by atoms with Crippen LogP contribution in [0, 0.1) is 5.82 Å². The van der Waals surface area contributed by atoms with Crippen LogP contribution >= 0.6 is 0 Å². The molecule has 1 heterocycles. The molecule has 0 atom stereocenters. The summed E-state index contributed by atoms with van der Waals surface area (Å²) in [6.45, 7) is 7.89. The van der Waals surface area contributed by atoms with Crippen molar-refractivity contribution in [3.05, 3.63) is 66.0 Å². The average molecular weight is 407 g/mol. The standard InChI is InChI=1S/C24H26FN3O2/c1-5-28(15-22(29)27-24(2,3)4)23(30)19-14-21(16-10-12-17(25)13-11-16)26-20-9-7-6-8-18(19)20/h6-14H,5,15H2,1-4H3,(H,27,29). The van der Waals surface area contributed by atoms with Crippen LogP contribution in [0.25, 0.3) is 22.2 Å². The van der Waals surface area contributed by atoms with Gasteiger partial charge in [-0.2, -0.15) is 0 Å². The van der Waals surface area contributed by atoms with Gasteiger partial charge in [0, 0.05) is 23.0 Å². The highest BCUT2D eigenvalue weighted by molar-refractivity contribution is 6.08. The minimum Gasteiger partial charge on any atom is -0.350 e. The minimum atomic E-state index is -0.376. The highest BCUT2D eigenvalue weighted by atomic mass is 19.1. The van der Waals surface area contributed by atoms with Crippen molar-refractivity contribution in [1.82, 2.24) is 15.2 Å². The maximum atomic E-state index is 13.4. The van der Waals surface area contributed by atoms with Gasteiger partial charge in [-0.3, -0.25) is 9.59 Å². The SMILES string of the molecule is CCN(CC(=O)NC(C)(C)C)C(=O)c1cc(-c2ccc(F)cc2)nc2ccccc12. The molecule has 0 bridgehead atoms. The third-order valence-electron chi connectivity index (χ3n) is 4.60. The second-order valence-corrected chi connectivity index (χ2v) is 8.20. The van der Waals surface area contributed by atoms with Gasteiger partial charge in [0.15, 0.2) is 0 Å². The second kappa shape index (κ2) is 8.61. The van der Waals surface area contributed by atoms with Crippen LogP contribution in [-0.4, -0.2) is 40.3 Å². The van der Waals surface area contributed by atoms with Crippen LogP contribution in [-0.2, 0) is 4.79 Å². The molecule has 3 rings (SSSR count). The van der Waals surface area contributed by atoms with Gasteiger partial charge in [0.25, 0.3) is 5.91 Å². The van der Waals surface area contributed by atoms with Crippen molar-refractivity contribution in [3.63, 3.8) is 0 Å². The zero-order chi connectivity index (χ0) is 21.9. The number of nitrogens with zero attached hydrogens (tertiary/aromatic N) is 2. The molecule has 3 aromatic rings. The van der Waals surface area contributed by atoms with Gasteiger partial charge in [-0.15, -0.1) is 0 Å². The van der Waals surface area contributed by atoms with E-state index in [1.807, 2.05) is 52.0 Å². The number of nitrogens with one attached hydrogen (secondary N) is 1. The Labute approximate surface area is 175 Å². The number of aromatic nitrogens is 1. The number of rotatable bonds is 5.